The molecule has 0 aromatic heterocycles. The molecule has 3 rings (SSSR count). The Bertz CT molecular complexity index is 1330. The van der Waals surface area contributed by atoms with Gasteiger partial charge in [-0.3, -0.25) is 4.79 Å². The first-order valence-electron chi connectivity index (χ1n) is 11.4. The number of aromatic carboxylic acids is 1. The number of hydrogen-bond donors (Lipinski definition) is 2. The Kier molecular flexibility index (Phi) is 8.71. The first-order chi connectivity index (χ1) is 17.7. The van der Waals surface area contributed by atoms with Crippen molar-refractivity contribution in [1.82, 2.24) is 0 Å². The molecule has 1 amide bonds. The molecular weight excluding hydrogens is 472 g/mol. The van der Waals surface area contributed by atoms with Gasteiger partial charge < -0.3 is 19.3 Å². The molecule has 3 aromatic rings. The summed E-state index contributed by atoms with van der Waals surface area (Å²) in [5, 5.41) is 12.2. The maximum absolute atomic E-state index is 11.7. The van der Waals surface area contributed by atoms with E-state index in [9.17, 15) is 14.7 Å². The summed E-state index contributed by atoms with van der Waals surface area (Å²) in [4.78, 5) is 23.2. The Labute approximate surface area is 215 Å². The first-order valence-corrected chi connectivity index (χ1v) is 11.4. The number of rotatable bonds is 11. The average Bonchev–Trinajstić information content (AvgIpc) is 2.89. The molecule has 2 N–H and O–H groups in total. The third-order valence-corrected chi connectivity index (χ3v) is 5.78. The lowest BCUT2D eigenvalue weighted by atomic mass is 9.78. The van der Waals surface area contributed by atoms with E-state index in [1.165, 1.54) is 18.2 Å². The van der Waals surface area contributed by atoms with Crippen LogP contribution in [-0.4, -0.2) is 30.7 Å². The number of ether oxygens (including phenoxy) is 3. The van der Waals surface area contributed by atoms with Crippen LogP contribution in [-0.2, 0) is 10.2 Å². The van der Waals surface area contributed by atoms with Crippen molar-refractivity contribution in [3.63, 3.8) is 0 Å². The zero-order valence-electron chi connectivity index (χ0n) is 20.9. The molecule has 190 valence electrons. The van der Waals surface area contributed by atoms with Gasteiger partial charge in [-0.1, -0.05) is 50.8 Å². The number of hydrogen-bond acceptors (Lipinski definition) is 6. The number of carbonyl (C=O) groups is 2. The van der Waals surface area contributed by atoms with E-state index in [4.69, 9.17) is 19.7 Å². The smallest absolute Gasteiger partial charge is 0.336 e. The van der Waals surface area contributed by atoms with Crippen molar-refractivity contribution in [1.29, 1.82) is 5.53 Å². The molecule has 0 saturated heterocycles. The molecule has 0 radical (unpaired) electrons. The molecule has 37 heavy (non-hydrogen) atoms. The zero-order chi connectivity index (χ0) is 27.0. The van der Waals surface area contributed by atoms with Gasteiger partial charge in [0.1, 0.15) is 29.6 Å². The van der Waals surface area contributed by atoms with E-state index in [1.54, 1.807) is 31.4 Å². The minimum Gasteiger partial charge on any atom is -0.478 e. The summed E-state index contributed by atoms with van der Waals surface area (Å²) in [5.74, 6) is -0.138. The SMILES string of the molecule is C=C/C=C(\COC)Oc1ccc(C(C)(C)c2ccc(Oc3ccc(C(=O)N=N)c(C(=O)O)c3)cc2)cc1. The highest BCUT2D eigenvalue weighted by Gasteiger charge is 2.23. The van der Waals surface area contributed by atoms with Crippen LogP contribution in [0, 0.1) is 5.53 Å². The van der Waals surface area contributed by atoms with Crippen LogP contribution in [0.15, 0.2) is 96.3 Å². The van der Waals surface area contributed by atoms with Crippen molar-refractivity contribution in [2.24, 2.45) is 5.11 Å². The van der Waals surface area contributed by atoms with Crippen molar-refractivity contribution in [2.75, 3.05) is 13.7 Å². The Morgan fingerprint density at radius 2 is 1.51 bits per heavy atom. The average molecular weight is 501 g/mol. The van der Waals surface area contributed by atoms with Gasteiger partial charge in [0.25, 0.3) is 5.91 Å². The molecule has 0 spiro atoms. The van der Waals surface area contributed by atoms with Crippen LogP contribution in [0.4, 0.5) is 0 Å². The number of allylic oxidation sites excluding steroid dienone is 2. The quantitative estimate of drug-likeness (QED) is 0.170. The molecule has 0 unspecified atom stereocenters. The fourth-order valence-corrected chi connectivity index (χ4v) is 3.73. The molecule has 0 bridgehead atoms. The minimum atomic E-state index is -1.31. The number of nitrogens with zero attached hydrogens (tertiary/aromatic N) is 1. The third kappa shape index (κ3) is 6.56. The molecule has 0 aliphatic rings. The minimum absolute atomic E-state index is 0.171. The molecule has 3 aromatic carbocycles. The van der Waals surface area contributed by atoms with Crippen LogP contribution in [0.3, 0.4) is 0 Å². The van der Waals surface area contributed by atoms with Gasteiger partial charge in [0, 0.05) is 12.5 Å². The molecule has 0 saturated carbocycles. The third-order valence-electron chi connectivity index (χ3n) is 5.78. The van der Waals surface area contributed by atoms with Crippen LogP contribution in [0.2, 0.25) is 0 Å². The van der Waals surface area contributed by atoms with Gasteiger partial charge in [-0.05, 0) is 59.7 Å². The number of amides is 1. The highest BCUT2D eigenvalue weighted by Crippen LogP contribution is 2.34. The van der Waals surface area contributed by atoms with Crippen molar-refractivity contribution in [3.8, 4) is 17.2 Å². The second-order valence-electron chi connectivity index (χ2n) is 8.61. The number of methoxy groups -OCH3 is 1. The van der Waals surface area contributed by atoms with Gasteiger partial charge in [0.2, 0.25) is 0 Å². The van der Waals surface area contributed by atoms with E-state index < -0.39 is 11.9 Å². The topological polar surface area (TPSA) is 118 Å². The Hall–Kier alpha value is -4.56. The van der Waals surface area contributed by atoms with Gasteiger partial charge in [0.15, 0.2) is 0 Å². The lowest BCUT2D eigenvalue weighted by molar-refractivity contribution is 0.0691. The molecular formula is C29H28N2O6. The van der Waals surface area contributed by atoms with Crippen molar-refractivity contribution >= 4 is 11.9 Å². The summed E-state index contributed by atoms with van der Waals surface area (Å²) in [5.41, 5.74) is 8.21. The number of benzene rings is 3. The van der Waals surface area contributed by atoms with Gasteiger partial charge in [-0.2, -0.15) is 0 Å². The summed E-state index contributed by atoms with van der Waals surface area (Å²) in [7, 11) is 1.60. The van der Waals surface area contributed by atoms with Crippen molar-refractivity contribution in [3.05, 3.63) is 113 Å². The lowest BCUT2D eigenvalue weighted by Crippen LogP contribution is -2.18. The molecule has 0 aliphatic carbocycles. The van der Waals surface area contributed by atoms with E-state index in [1.807, 2.05) is 36.4 Å². The zero-order valence-corrected chi connectivity index (χ0v) is 20.9. The number of carboxylic acid groups (broad SMARTS) is 1. The fraction of sp³-hybridized carbons (Fsp3) is 0.172. The second-order valence-corrected chi connectivity index (χ2v) is 8.61. The predicted octanol–water partition coefficient (Wildman–Crippen LogP) is 6.77. The van der Waals surface area contributed by atoms with Crippen molar-refractivity contribution in [2.45, 2.75) is 19.3 Å². The van der Waals surface area contributed by atoms with E-state index >= 15 is 0 Å². The molecule has 8 heteroatoms. The van der Waals surface area contributed by atoms with Crippen LogP contribution in [0.5, 0.6) is 17.2 Å². The maximum atomic E-state index is 11.7. The number of carboxylic acids is 1. The molecule has 0 heterocycles. The number of carbonyl (C=O) groups excluding carboxylic acids is 1. The summed E-state index contributed by atoms with van der Waals surface area (Å²) < 4.78 is 16.8. The van der Waals surface area contributed by atoms with Gasteiger partial charge in [-0.15, -0.1) is 5.11 Å². The largest absolute Gasteiger partial charge is 0.478 e. The summed E-state index contributed by atoms with van der Waals surface area (Å²) in [6, 6.07) is 19.3. The van der Waals surface area contributed by atoms with Crippen LogP contribution in [0.25, 0.3) is 0 Å². The highest BCUT2D eigenvalue weighted by atomic mass is 16.5. The Balaban J connectivity index is 1.77. The summed E-state index contributed by atoms with van der Waals surface area (Å²) in [6.07, 6.45) is 3.41. The van der Waals surface area contributed by atoms with Gasteiger partial charge >= 0.3 is 5.97 Å². The summed E-state index contributed by atoms with van der Waals surface area (Å²) in [6.45, 7) is 8.25. The highest BCUT2D eigenvalue weighted by molar-refractivity contribution is 6.05. The van der Waals surface area contributed by atoms with E-state index in [0.29, 0.717) is 23.9 Å². The van der Waals surface area contributed by atoms with Gasteiger partial charge in [-0.25, -0.2) is 10.3 Å². The molecule has 8 nitrogen and oxygen atoms in total. The van der Waals surface area contributed by atoms with Crippen molar-refractivity contribution < 1.29 is 28.9 Å². The van der Waals surface area contributed by atoms with E-state index in [2.05, 4.69) is 25.5 Å². The lowest BCUT2D eigenvalue weighted by Gasteiger charge is -2.26. The maximum Gasteiger partial charge on any atom is 0.336 e. The van der Waals surface area contributed by atoms with Crippen LogP contribution >= 0.6 is 0 Å². The Morgan fingerprint density at radius 1 is 0.946 bits per heavy atom. The number of nitrogens with one attached hydrogen (secondary N) is 1. The van der Waals surface area contributed by atoms with E-state index in [-0.39, 0.29) is 22.3 Å². The predicted molar refractivity (Wildman–Crippen MR) is 139 cm³/mol. The first kappa shape index (κ1) is 27.0. The molecule has 0 atom stereocenters. The van der Waals surface area contributed by atoms with Crippen LogP contribution in [0.1, 0.15) is 45.7 Å². The summed E-state index contributed by atoms with van der Waals surface area (Å²) >= 11 is 0. The van der Waals surface area contributed by atoms with Crippen LogP contribution < -0.4 is 9.47 Å². The Morgan fingerprint density at radius 3 is 2.03 bits per heavy atom. The molecule has 0 fully saturated rings. The standard InChI is InChI=1S/C29H28N2O6/c1-5-6-24(18-35-4)37-22-13-9-20(10-14-22)29(2,3)19-7-11-21(12-8-19)36-23-15-16-25(27(32)31-30)26(17-23)28(33)34/h5-17,30H,1,18H2,2-4H3,(H,33,34)/b24-6+,31-30?. The fourth-order valence-electron chi connectivity index (χ4n) is 3.73. The second kappa shape index (κ2) is 11.9. The van der Waals surface area contributed by atoms with E-state index in [0.717, 1.165) is 11.1 Å². The normalized spacial score (nSPS) is 11.5. The van der Waals surface area contributed by atoms with Gasteiger partial charge in [0.05, 0.1) is 11.1 Å². The monoisotopic (exact) mass is 500 g/mol. The molecule has 0 aliphatic heterocycles.